The maximum absolute atomic E-state index is 5.32. The van der Waals surface area contributed by atoms with E-state index in [9.17, 15) is 0 Å². The second-order valence-corrected chi connectivity index (χ2v) is 13.0. The molecule has 0 atom stereocenters. The van der Waals surface area contributed by atoms with Gasteiger partial charge in [0.1, 0.15) is 0 Å². The third kappa shape index (κ3) is 3.81. The fourth-order valence-electron chi connectivity index (χ4n) is 8.13. The van der Waals surface area contributed by atoms with Crippen LogP contribution in [0.1, 0.15) is 0 Å². The minimum absolute atomic E-state index is 0.661. The molecule has 0 aliphatic carbocycles. The van der Waals surface area contributed by atoms with Crippen molar-refractivity contribution in [3.8, 4) is 22.9 Å². The molecule has 3 aromatic heterocycles. The number of nitrogens with zero attached hydrogens (tertiary/aromatic N) is 4. The highest BCUT2D eigenvalue weighted by molar-refractivity contribution is 6.23. The highest BCUT2D eigenvalue weighted by atomic mass is 15.2. The molecule has 0 bridgehead atoms. The van der Waals surface area contributed by atoms with Gasteiger partial charge in [-0.3, -0.25) is 4.57 Å². The average Bonchev–Trinajstić information content (AvgIpc) is 3.71. The number of aromatic nitrogens is 4. The van der Waals surface area contributed by atoms with Crippen LogP contribution in [0, 0.1) is 0 Å². The highest BCUT2D eigenvalue weighted by Crippen LogP contribution is 2.41. The lowest BCUT2D eigenvalue weighted by molar-refractivity contribution is 1.01. The molecule has 50 heavy (non-hydrogen) atoms. The van der Waals surface area contributed by atoms with E-state index in [1.165, 1.54) is 54.1 Å². The van der Waals surface area contributed by atoms with E-state index in [1.54, 1.807) is 0 Å². The normalized spacial score (nSPS) is 12.0. The molecule has 11 rings (SSSR count). The number of hydrogen-bond acceptors (Lipinski definition) is 2. The van der Waals surface area contributed by atoms with Crippen LogP contribution in [-0.2, 0) is 0 Å². The predicted octanol–water partition coefficient (Wildman–Crippen LogP) is 11.8. The number of benzene rings is 8. The summed E-state index contributed by atoms with van der Waals surface area (Å²) in [6.07, 6.45) is 0. The van der Waals surface area contributed by atoms with Gasteiger partial charge in [-0.15, -0.1) is 0 Å². The molecule has 4 nitrogen and oxygen atoms in total. The van der Waals surface area contributed by atoms with Crippen LogP contribution in [0.2, 0.25) is 0 Å². The zero-order valence-corrected chi connectivity index (χ0v) is 27.0. The number of fused-ring (bicyclic) bond motifs is 11. The first kappa shape index (κ1) is 27.2. The molecule has 0 amide bonds. The first-order valence-electron chi connectivity index (χ1n) is 17.0. The van der Waals surface area contributed by atoms with Crippen LogP contribution in [0.15, 0.2) is 170 Å². The summed E-state index contributed by atoms with van der Waals surface area (Å²) in [5.74, 6) is 0.661. The molecule has 3 heterocycles. The maximum atomic E-state index is 5.32. The fraction of sp³-hybridized carbons (Fsp3) is 0. The number of para-hydroxylation sites is 2. The maximum Gasteiger partial charge on any atom is 0.235 e. The molecule has 0 N–H and O–H groups in total. The van der Waals surface area contributed by atoms with Gasteiger partial charge in [-0.2, -0.15) is 0 Å². The van der Waals surface area contributed by atoms with Crippen molar-refractivity contribution in [2.45, 2.75) is 0 Å². The van der Waals surface area contributed by atoms with Gasteiger partial charge < -0.3 is 4.57 Å². The Kier molecular flexibility index (Phi) is 5.63. The summed E-state index contributed by atoms with van der Waals surface area (Å²) in [5.41, 5.74) is 8.58. The minimum Gasteiger partial charge on any atom is -0.309 e. The van der Waals surface area contributed by atoms with Gasteiger partial charge in [-0.05, 0) is 64.0 Å². The molecule has 0 aliphatic heterocycles. The van der Waals surface area contributed by atoms with Crippen LogP contribution >= 0.6 is 0 Å². The molecule has 8 aromatic carbocycles. The first-order valence-corrected chi connectivity index (χ1v) is 17.0. The molecule has 232 valence electrons. The molecule has 0 radical (unpaired) electrons. The lowest BCUT2D eigenvalue weighted by Crippen LogP contribution is -2.03. The standard InChI is InChI=1S/C46H28N4/c1-2-14-31(15-3-1)45-35-18-8-10-20-38(35)47-46(48-45)50-40-27-24-32(28-37(40)44-34-17-7-5-13-30(34)23-26-42(44)50)49-39-21-11-9-19-36(39)43-33-16-6-4-12-29(33)22-25-41(43)49/h1-28H. The third-order valence-electron chi connectivity index (χ3n) is 10.3. The molecule has 0 aliphatic rings. The second kappa shape index (κ2) is 10.4. The van der Waals surface area contributed by atoms with Crippen molar-refractivity contribution in [3.63, 3.8) is 0 Å². The molecular formula is C46H28N4. The van der Waals surface area contributed by atoms with E-state index in [0.29, 0.717) is 5.95 Å². The second-order valence-electron chi connectivity index (χ2n) is 13.0. The fourth-order valence-corrected chi connectivity index (χ4v) is 8.13. The summed E-state index contributed by atoms with van der Waals surface area (Å²) < 4.78 is 4.67. The van der Waals surface area contributed by atoms with E-state index in [-0.39, 0.29) is 0 Å². The van der Waals surface area contributed by atoms with E-state index in [1.807, 2.05) is 6.07 Å². The van der Waals surface area contributed by atoms with Crippen molar-refractivity contribution in [1.29, 1.82) is 0 Å². The van der Waals surface area contributed by atoms with E-state index < -0.39 is 0 Å². The van der Waals surface area contributed by atoms with Gasteiger partial charge in [0.25, 0.3) is 0 Å². The van der Waals surface area contributed by atoms with Crippen molar-refractivity contribution >= 4 is 76.1 Å². The van der Waals surface area contributed by atoms with Crippen molar-refractivity contribution in [1.82, 2.24) is 19.1 Å². The van der Waals surface area contributed by atoms with Crippen LogP contribution in [0.3, 0.4) is 0 Å². The molecule has 4 heteroatoms. The molecule has 0 spiro atoms. The van der Waals surface area contributed by atoms with E-state index >= 15 is 0 Å². The van der Waals surface area contributed by atoms with Crippen LogP contribution in [-0.4, -0.2) is 19.1 Å². The Morgan fingerprint density at radius 1 is 0.360 bits per heavy atom. The largest absolute Gasteiger partial charge is 0.309 e. The lowest BCUT2D eigenvalue weighted by atomic mass is 10.0. The number of rotatable bonds is 3. The quantitative estimate of drug-likeness (QED) is 0.193. The van der Waals surface area contributed by atoms with Gasteiger partial charge in [0, 0.05) is 38.2 Å². The zero-order chi connectivity index (χ0) is 32.8. The Labute approximate surface area is 287 Å². The van der Waals surface area contributed by atoms with Crippen molar-refractivity contribution < 1.29 is 0 Å². The van der Waals surface area contributed by atoms with Gasteiger partial charge in [-0.25, -0.2) is 9.97 Å². The lowest BCUT2D eigenvalue weighted by Gasteiger charge is -2.12. The monoisotopic (exact) mass is 636 g/mol. The molecule has 0 saturated carbocycles. The van der Waals surface area contributed by atoms with Gasteiger partial charge in [0.05, 0.1) is 33.3 Å². The van der Waals surface area contributed by atoms with E-state index in [2.05, 4.69) is 173 Å². The van der Waals surface area contributed by atoms with Crippen LogP contribution in [0.5, 0.6) is 0 Å². The Morgan fingerprint density at radius 2 is 0.920 bits per heavy atom. The Balaban J connectivity index is 1.26. The zero-order valence-electron chi connectivity index (χ0n) is 27.0. The smallest absolute Gasteiger partial charge is 0.235 e. The SMILES string of the molecule is c1ccc(-c2nc(-n3c4ccc(-n5c6ccccc6c6c7ccccc7ccc65)cc4c4c5ccccc5ccc43)nc3ccccc23)cc1. The van der Waals surface area contributed by atoms with E-state index in [0.717, 1.165) is 38.9 Å². The predicted molar refractivity (Wildman–Crippen MR) is 209 cm³/mol. The number of hydrogen-bond donors (Lipinski definition) is 0. The van der Waals surface area contributed by atoms with Gasteiger partial charge >= 0.3 is 0 Å². The Hall–Kier alpha value is -6.78. The molecule has 0 fully saturated rings. The molecular weight excluding hydrogens is 609 g/mol. The average molecular weight is 637 g/mol. The van der Waals surface area contributed by atoms with Gasteiger partial charge in [0.15, 0.2) is 0 Å². The van der Waals surface area contributed by atoms with Gasteiger partial charge in [0.2, 0.25) is 5.95 Å². The summed E-state index contributed by atoms with van der Waals surface area (Å²) in [6.45, 7) is 0. The summed E-state index contributed by atoms with van der Waals surface area (Å²) in [6, 6.07) is 60.7. The minimum atomic E-state index is 0.661. The summed E-state index contributed by atoms with van der Waals surface area (Å²) in [7, 11) is 0. The molecule has 0 unspecified atom stereocenters. The molecule has 11 aromatic rings. The summed E-state index contributed by atoms with van der Waals surface area (Å²) in [4.78, 5) is 10.5. The van der Waals surface area contributed by atoms with Crippen molar-refractivity contribution in [2.24, 2.45) is 0 Å². The van der Waals surface area contributed by atoms with Crippen LogP contribution < -0.4 is 0 Å². The molecule has 0 saturated heterocycles. The topological polar surface area (TPSA) is 35.6 Å². The Bertz CT molecular complexity index is 3150. The Morgan fingerprint density at radius 3 is 1.68 bits per heavy atom. The first-order chi connectivity index (χ1) is 24.8. The van der Waals surface area contributed by atoms with Gasteiger partial charge in [-0.1, -0.05) is 127 Å². The van der Waals surface area contributed by atoms with Crippen molar-refractivity contribution in [2.75, 3.05) is 0 Å². The summed E-state index contributed by atoms with van der Waals surface area (Å²) >= 11 is 0. The van der Waals surface area contributed by atoms with Crippen molar-refractivity contribution in [3.05, 3.63) is 170 Å². The third-order valence-corrected chi connectivity index (χ3v) is 10.3. The van der Waals surface area contributed by atoms with Crippen LogP contribution in [0.4, 0.5) is 0 Å². The summed E-state index contributed by atoms with van der Waals surface area (Å²) in [5, 5.41) is 10.9. The van der Waals surface area contributed by atoms with Crippen LogP contribution in [0.25, 0.3) is 99.0 Å². The van der Waals surface area contributed by atoms with E-state index in [4.69, 9.17) is 9.97 Å². The highest BCUT2D eigenvalue weighted by Gasteiger charge is 2.21.